The number of halogens is 1. The van der Waals surface area contributed by atoms with Crippen LogP contribution in [0.2, 0.25) is 0 Å². The molecule has 132 valence electrons. The van der Waals surface area contributed by atoms with E-state index in [2.05, 4.69) is 53.8 Å². The van der Waals surface area contributed by atoms with Gasteiger partial charge in [0.15, 0.2) is 5.96 Å². The number of hydrogen-bond acceptors (Lipinski definition) is 3. The number of guanidine groups is 1. The van der Waals surface area contributed by atoms with E-state index in [1.54, 1.807) is 0 Å². The van der Waals surface area contributed by atoms with Crippen LogP contribution < -0.4 is 10.6 Å². The summed E-state index contributed by atoms with van der Waals surface area (Å²) in [5, 5.41) is 8.90. The summed E-state index contributed by atoms with van der Waals surface area (Å²) in [6, 6.07) is 5.73. The summed E-state index contributed by atoms with van der Waals surface area (Å²) in [5.41, 5.74) is 0. The molecule has 1 aromatic rings. The summed E-state index contributed by atoms with van der Waals surface area (Å²) in [6.07, 6.45) is 3.78. The van der Waals surface area contributed by atoms with E-state index in [9.17, 15) is 0 Å². The summed E-state index contributed by atoms with van der Waals surface area (Å²) >= 11 is 1.82. The number of aliphatic imine (C=N–C) groups is 1. The molecule has 0 radical (unpaired) electrons. The highest BCUT2D eigenvalue weighted by atomic mass is 127. The van der Waals surface area contributed by atoms with Crippen LogP contribution in [0.5, 0.6) is 0 Å². The Morgan fingerprint density at radius 1 is 1.39 bits per heavy atom. The lowest BCUT2D eigenvalue weighted by Gasteiger charge is -2.25. The van der Waals surface area contributed by atoms with Gasteiger partial charge >= 0.3 is 0 Å². The second-order valence-corrected chi connectivity index (χ2v) is 7.11. The quantitative estimate of drug-likeness (QED) is 0.345. The maximum atomic E-state index is 4.72. The summed E-state index contributed by atoms with van der Waals surface area (Å²) in [6.45, 7) is 10.4. The number of hydrogen-bond donors (Lipinski definition) is 2. The van der Waals surface area contributed by atoms with Crippen LogP contribution in [-0.4, -0.2) is 49.1 Å². The van der Waals surface area contributed by atoms with E-state index < -0.39 is 0 Å². The van der Waals surface area contributed by atoms with Crippen LogP contribution >= 0.6 is 35.3 Å². The molecule has 0 amide bonds. The maximum Gasteiger partial charge on any atom is 0.191 e. The van der Waals surface area contributed by atoms with Gasteiger partial charge in [-0.05, 0) is 51.5 Å². The van der Waals surface area contributed by atoms with Crippen LogP contribution in [0.15, 0.2) is 22.5 Å². The Labute approximate surface area is 162 Å². The fraction of sp³-hybridized carbons (Fsp3) is 0.706. The second-order valence-electron chi connectivity index (χ2n) is 6.08. The molecule has 0 atom stereocenters. The Kier molecular flexibility index (Phi) is 10.1. The third-order valence-electron chi connectivity index (χ3n) is 3.90. The predicted molar refractivity (Wildman–Crippen MR) is 112 cm³/mol. The monoisotopic (exact) mass is 450 g/mol. The van der Waals surface area contributed by atoms with Gasteiger partial charge in [0.25, 0.3) is 0 Å². The summed E-state index contributed by atoms with van der Waals surface area (Å²) in [7, 11) is 0. The van der Waals surface area contributed by atoms with Gasteiger partial charge in [-0.15, -0.1) is 35.3 Å². The molecule has 1 heterocycles. The van der Waals surface area contributed by atoms with Crippen molar-refractivity contribution < 1.29 is 0 Å². The Morgan fingerprint density at radius 2 is 2.17 bits per heavy atom. The van der Waals surface area contributed by atoms with Gasteiger partial charge in [-0.25, -0.2) is 0 Å². The highest BCUT2D eigenvalue weighted by Crippen LogP contribution is 2.28. The van der Waals surface area contributed by atoms with E-state index in [0.717, 1.165) is 44.6 Å². The minimum absolute atomic E-state index is 0. The smallest absolute Gasteiger partial charge is 0.191 e. The molecule has 0 aliphatic heterocycles. The van der Waals surface area contributed by atoms with Crippen LogP contribution in [0.25, 0.3) is 0 Å². The molecule has 23 heavy (non-hydrogen) atoms. The van der Waals surface area contributed by atoms with Crippen molar-refractivity contribution in [3.05, 3.63) is 22.4 Å². The van der Waals surface area contributed by atoms with Gasteiger partial charge in [-0.1, -0.05) is 6.07 Å². The van der Waals surface area contributed by atoms with Crippen molar-refractivity contribution in [2.75, 3.05) is 26.2 Å². The van der Waals surface area contributed by atoms with Crippen molar-refractivity contribution in [1.82, 2.24) is 15.5 Å². The van der Waals surface area contributed by atoms with E-state index in [0.29, 0.717) is 6.04 Å². The minimum atomic E-state index is 0. The predicted octanol–water partition coefficient (Wildman–Crippen LogP) is 3.34. The van der Waals surface area contributed by atoms with Gasteiger partial charge in [0.2, 0.25) is 0 Å². The number of rotatable bonds is 9. The molecule has 0 aromatic carbocycles. The minimum Gasteiger partial charge on any atom is -0.357 e. The highest BCUT2D eigenvalue weighted by molar-refractivity contribution is 14.0. The molecule has 6 heteroatoms. The third-order valence-corrected chi connectivity index (χ3v) is 4.83. The Bertz CT molecular complexity index is 441. The molecule has 0 saturated heterocycles. The van der Waals surface area contributed by atoms with Gasteiger partial charge in [-0.3, -0.25) is 9.89 Å². The van der Waals surface area contributed by atoms with Crippen molar-refractivity contribution in [2.45, 2.75) is 52.1 Å². The SMILES string of the molecule is CCNC(=NCCN(C(C)C)C1CC1)NCCc1cccs1.I. The Balaban J connectivity index is 0.00000264. The summed E-state index contributed by atoms with van der Waals surface area (Å²) in [5.74, 6) is 0.943. The van der Waals surface area contributed by atoms with Crippen LogP contribution in [0.4, 0.5) is 0 Å². The fourth-order valence-corrected chi connectivity index (χ4v) is 3.36. The van der Waals surface area contributed by atoms with E-state index in [1.165, 1.54) is 17.7 Å². The first-order valence-electron chi connectivity index (χ1n) is 8.51. The molecule has 1 aliphatic carbocycles. The molecule has 0 spiro atoms. The van der Waals surface area contributed by atoms with Gasteiger partial charge < -0.3 is 10.6 Å². The van der Waals surface area contributed by atoms with Crippen LogP contribution in [0.3, 0.4) is 0 Å². The second kappa shape index (κ2) is 11.3. The normalized spacial score (nSPS) is 14.9. The number of nitrogens with zero attached hydrogens (tertiary/aromatic N) is 2. The first kappa shape index (κ1) is 20.7. The van der Waals surface area contributed by atoms with Crippen LogP contribution in [0, 0.1) is 0 Å². The summed E-state index contributed by atoms with van der Waals surface area (Å²) in [4.78, 5) is 8.72. The first-order valence-corrected chi connectivity index (χ1v) is 9.39. The van der Waals surface area contributed by atoms with Gasteiger partial charge in [0.05, 0.1) is 6.54 Å². The fourth-order valence-electron chi connectivity index (χ4n) is 2.65. The zero-order valence-corrected chi connectivity index (χ0v) is 17.7. The Morgan fingerprint density at radius 3 is 2.74 bits per heavy atom. The van der Waals surface area contributed by atoms with Gasteiger partial charge in [0, 0.05) is 36.6 Å². The largest absolute Gasteiger partial charge is 0.357 e. The molecule has 2 rings (SSSR count). The lowest BCUT2D eigenvalue weighted by Crippen LogP contribution is -2.40. The van der Waals surface area contributed by atoms with E-state index in [1.807, 2.05) is 11.3 Å². The van der Waals surface area contributed by atoms with E-state index in [4.69, 9.17) is 4.99 Å². The average molecular weight is 450 g/mol. The molecule has 1 saturated carbocycles. The summed E-state index contributed by atoms with van der Waals surface area (Å²) < 4.78 is 0. The van der Waals surface area contributed by atoms with Crippen LogP contribution in [0.1, 0.15) is 38.5 Å². The molecule has 4 nitrogen and oxygen atoms in total. The molecular formula is C17H31IN4S. The zero-order chi connectivity index (χ0) is 15.8. The molecular weight excluding hydrogens is 419 g/mol. The van der Waals surface area contributed by atoms with E-state index >= 15 is 0 Å². The molecule has 1 fully saturated rings. The number of thiophene rings is 1. The molecule has 1 aliphatic rings. The van der Waals surface area contributed by atoms with Crippen molar-refractivity contribution in [3.63, 3.8) is 0 Å². The third kappa shape index (κ3) is 7.85. The molecule has 2 N–H and O–H groups in total. The van der Waals surface area contributed by atoms with Crippen molar-refractivity contribution >= 4 is 41.3 Å². The topological polar surface area (TPSA) is 39.7 Å². The lowest BCUT2D eigenvalue weighted by atomic mass is 10.3. The van der Waals surface area contributed by atoms with Crippen LogP contribution in [-0.2, 0) is 6.42 Å². The number of nitrogens with one attached hydrogen (secondary N) is 2. The molecule has 1 aromatic heterocycles. The van der Waals surface area contributed by atoms with Crippen molar-refractivity contribution in [2.24, 2.45) is 4.99 Å². The van der Waals surface area contributed by atoms with Crippen molar-refractivity contribution in [1.29, 1.82) is 0 Å². The molecule has 0 bridgehead atoms. The zero-order valence-electron chi connectivity index (χ0n) is 14.5. The van der Waals surface area contributed by atoms with E-state index in [-0.39, 0.29) is 24.0 Å². The van der Waals surface area contributed by atoms with Crippen molar-refractivity contribution in [3.8, 4) is 0 Å². The average Bonchev–Trinajstić information content (AvgIpc) is 3.19. The standard InChI is InChI=1S/C17H30N4S.HI/c1-4-18-17(19-10-9-16-6-5-13-22-16)20-11-12-21(14(2)3)15-7-8-15;/h5-6,13-15H,4,7-12H2,1-3H3,(H2,18,19,20);1H. The lowest BCUT2D eigenvalue weighted by molar-refractivity contribution is 0.218. The Hall–Kier alpha value is -0.340. The van der Waals surface area contributed by atoms with Gasteiger partial charge in [0.1, 0.15) is 0 Å². The maximum absolute atomic E-state index is 4.72. The molecule has 0 unspecified atom stereocenters. The highest BCUT2D eigenvalue weighted by Gasteiger charge is 2.29. The first-order chi connectivity index (χ1) is 10.7. The van der Waals surface area contributed by atoms with Gasteiger partial charge in [-0.2, -0.15) is 0 Å².